The van der Waals surface area contributed by atoms with E-state index in [2.05, 4.69) is 4.18 Å². The first-order valence-corrected chi connectivity index (χ1v) is 7.80. The van der Waals surface area contributed by atoms with E-state index in [0.29, 0.717) is 0 Å². The van der Waals surface area contributed by atoms with E-state index in [1.165, 1.54) is 32.3 Å². The van der Waals surface area contributed by atoms with Gasteiger partial charge >= 0.3 is 10.1 Å². The number of benzene rings is 1. The van der Waals surface area contributed by atoms with E-state index < -0.39 is 20.1 Å². The van der Waals surface area contributed by atoms with Crippen molar-refractivity contribution in [1.82, 2.24) is 4.31 Å². The third-order valence-corrected chi connectivity index (χ3v) is 4.14. The zero-order valence-corrected chi connectivity index (χ0v) is 14.2. The van der Waals surface area contributed by atoms with E-state index in [9.17, 15) is 16.8 Å². The van der Waals surface area contributed by atoms with Gasteiger partial charge in [0.2, 0.25) is 10.0 Å². The Morgan fingerprint density at radius 1 is 1.11 bits per heavy atom. The monoisotopic (exact) mass is 302 g/mol. The number of hydrogen-bond donors (Lipinski definition) is 0. The summed E-state index contributed by atoms with van der Waals surface area (Å²) in [6.07, 6.45) is 0.889. The van der Waals surface area contributed by atoms with E-state index >= 15 is 0 Å². The molecule has 0 aromatic heterocycles. The summed E-state index contributed by atoms with van der Waals surface area (Å²) in [7, 11) is -4.49. The van der Waals surface area contributed by atoms with Crippen LogP contribution in [0.25, 0.3) is 0 Å². The Morgan fingerprint density at radius 2 is 1.67 bits per heavy atom. The zero-order chi connectivity index (χ0) is 13.3. The van der Waals surface area contributed by atoms with Gasteiger partial charge in [0.25, 0.3) is 0 Å². The van der Waals surface area contributed by atoms with Crippen molar-refractivity contribution in [3.8, 4) is 5.75 Å². The molecule has 1 radical (unpaired) electrons. The Morgan fingerprint density at radius 3 is 2.11 bits per heavy atom. The SMILES string of the molecule is CN(C)S(=O)(=O)c1cccc(OS(C)(=O)=O)c1.[Na]. The molecule has 0 bridgehead atoms. The topological polar surface area (TPSA) is 80.8 Å². The summed E-state index contributed by atoms with van der Waals surface area (Å²) < 4.78 is 51.0. The predicted octanol–water partition coefficient (Wildman–Crippen LogP) is -0.105. The second-order valence-electron chi connectivity index (χ2n) is 3.55. The first kappa shape index (κ1) is 17.9. The molecule has 1 rings (SSSR count). The molecule has 0 heterocycles. The minimum Gasteiger partial charge on any atom is -0.383 e. The standard InChI is InChI=1S/C9H13NO5S2.Na/c1-10(2)17(13,14)9-6-4-5-8(7-9)15-16(3,11)12;/h4-7H,1-3H3;. The number of hydrogen-bond acceptors (Lipinski definition) is 5. The molecule has 6 nitrogen and oxygen atoms in total. The van der Waals surface area contributed by atoms with Crippen LogP contribution in [0.15, 0.2) is 29.2 Å². The Kier molecular flexibility index (Phi) is 6.31. The van der Waals surface area contributed by atoms with Gasteiger partial charge in [0.15, 0.2) is 0 Å². The minimum absolute atomic E-state index is 0. The van der Waals surface area contributed by atoms with Gasteiger partial charge in [0.05, 0.1) is 11.2 Å². The van der Waals surface area contributed by atoms with Crippen molar-refractivity contribution < 1.29 is 21.0 Å². The molecule has 1 aromatic carbocycles. The van der Waals surface area contributed by atoms with Crippen molar-refractivity contribution in [3.05, 3.63) is 24.3 Å². The third-order valence-electron chi connectivity index (χ3n) is 1.83. The fraction of sp³-hybridized carbons (Fsp3) is 0.333. The quantitative estimate of drug-likeness (QED) is 0.573. The molecule has 9 heteroatoms. The maximum atomic E-state index is 11.8. The van der Waals surface area contributed by atoms with Crippen molar-refractivity contribution in [1.29, 1.82) is 0 Å². The molecule has 0 saturated heterocycles. The molecule has 0 aliphatic heterocycles. The Labute approximate surface area is 129 Å². The largest absolute Gasteiger partial charge is 0.383 e. The molecular weight excluding hydrogens is 289 g/mol. The van der Waals surface area contributed by atoms with Gasteiger partial charge in [0, 0.05) is 49.7 Å². The molecule has 0 unspecified atom stereocenters. The van der Waals surface area contributed by atoms with Crippen LogP contribution >= 0.6 is 0 Å². The van der Waals surface area contributed by atoms with E-state index in [4.69, 9.17) is 0 Å². The van der Waals surface area contributed by atoms with E-state index in [1.54, 1.807) is 0 Å². The Hall–Kier alpha value is -0.120. The molecule has 0 N–H and O–H groups in total. The average Bonchev–Trinajstić information content (AvgIpc) is 2.15. The van der Waals surface area contributed by atoms with Gasteiger partial charge in [-0.15, -0.1) is 0 Å². The Bertz CT molecular complexity index is 610. The minimum atomic E-state index is -3.67. The summed E-state index contributed by atoms with van der Waals surface area (Å²) in [6, 6.07) is 5.31. The normalized spacial score (nSPS) is 12.0. The van der Waals surface area contributed by atoms with Gasteiger partial charge in [-0.05, 0) is 12.1 Å². The van der Waals surface area contributed by atoms with Crippen LogP contribution in [0.3, 0.4) is 0 Å². The van der Waals surface area contributed by atoms with Gasteiger partial charge < -0.3 is 4.18 Å². The maximum Gasteiger partial charge on any atom is 0.306 e. The van der Waals surface area contributed by atoms with Crippen LogP contribution in [0.1, 0.15) is 0 Å². The van der Waals surface area contributed by atoms with E-state index in [-0.39, 0.29) is 40.2 Å². The first-order chi connectivity index (χ1) is 7.63. The second kappa shape index (κ2) is 6.36. The average molecular weight is 302 g/mol. The summed E-state index contributed by atoms with van der Waals surface area (Å²) >= 11 is 0. The van der Waals surface area contributed by atoms with Crippen molar-refractivity contribution in [3.63, 3.8) is 0 Å². The summed E-state index contributed by atoms with van der Waals surface area (Å²) in [4.78, 5) is -0.0244. The second-order valence-corrected chi connectivity index (χ2v) is 7.28. The first-order valence-electron chi connectivity index (χ1n) is 4.55. The molecule has 0 atom stereocenters. The van der Waals surface area contributed by atoms with Crippen LogP contribution in [0.5, 0.6) is 5.75 Å². The molecule has 0 aliphatic carbocycles. The maximum absolute atomic E-state index is 11.8. The summed E-state index contributed by atoms with van der Waals surface area (Å²) in [5, 5.41) is 0. The summed E-state index contributed by atoms with van der Waals surface area (Å²) in [5.41, 5.74) is 0. The molecule has 0 amide bonds. The van der Waals surface area contributed by atoms with E-state index in [1.807, 2.05) is 0 Å². The summed E-state index contributed by atoms with van der Waals surface area (Å²) in [5.74, 6) is -0.0320. The van der Waals surface area contributed by atoms with Crippen LogP contribution in [0.4, 0.5) is 0 Å². The molecule has 0 fully saturated rings. The van der Waals surface area contributed by atoms with Crippen LogP contribution < -0.4 is 4.18 Å². The van der Waals surface area contributed by atoms with Gasteiger partial charge in [-0.1, -0.05) is 6.07 Å². The summed E-state index contributed by atoms with van der Waals surface area (Å²) in [6.45, 7) is 0. The zero-order valence-electron chi connectivity index (χ0n) is 10.6. The molecule has 97 valence electrons. The number of sulfonamides is 1. The fourth-order valence-corrected chi connectivity index (χ4v) is 2.46. The molecule has 18 heavy (non-hydrogen) atoms. The van der Waals surface area contributed by atoms with E-state index in [0.717, 1.165) is 16.6 Å². The molecule has 1 aromatic rings. The predicted molar refractivity (Wildman–Crippen MR) is 68.5 cm³/mol. The number of nitrogens with zero attached hydrogens (tertiary/aromatic N) is 1. The van der Waals surface area contributed by atoms with Crippen LogP contribution in [-0.2, 0) is 20.1 Å². The van der Waals surface area contributed by atoms with Crippen LogP contribution in [0, 0.1) is 0 Å². The van der Waals surface area contributed by atoms with Gasteiger partial charge in [-0.3, -0.25) is 0 Å². The van der Waals surface area contributed by atoms with Crippen molar-refractivity contribution in [2.24, 2.45) is 0 Å². The fourth-order valence-electron chi connectivity index (χ4n) is 1.07. The van der Waals surface area contributed by atoms with Crippen molar-refractivity contribution in [2.75, 3.05) is 20.4 Å². The van der Waals surface area contributed by atoms with Crippen molar-refractivity contribution in [2.45, 2.75) is 4.90 Å². The van der Waals surface area contributed by atoms with Crippen LogP contribution in [0.2, 0.25) is 0 Å². The van der Waals surface area contributed by atoms with Gasteiger partial charge in [0.1, 0.15) is 5.75 Å². The Balaban J connectivity index is 0.00000289. The molecule has 0 spiro atoms. The molecular formula is C9H13NNaO5S2. The van der Waals surface area contributed by atoms with Crippen LogP contribution in [-0.4, -0.2) is 71.0 Å². The van der Waals surface area contributed by atoms with Crippen molar-refractivity contribution >= 4 is 49.7 Å². The van der Waals surface area contributed by atoms with Gasteiger partial charge in [-0.2, -0.15) is 8.42 Å². The smallest absolute Gasteiger partial charge is 0.306 e. The molecule has 0 aliphatic rings. The third kappa shape index (κ3) is 4.87. The number of rotatable bonds is 4. The van der Waals surface area contributed by atoms with Gasteiger partial charge in [-0.25, -0.2) is 12.7 Å². The molecule has 0 saturated carbocycles.